The van der Waals surface area contributed by atoms with Gasteiger partial charge in [0.1, 0.15) is 5.75 Å². The third-order valence-corrected chi connectivity index (χ3v) is 3.01. The molecule has 0 bridgehead atoms. The zero-order chi connectivity index (χ0) is 14.4. The van der Waals surface area contributed by atoms with Crippen LogP contribution in [0.25, 0.3) is 0 Å². The number of rotatable bonds is 5. The van der Waals surface area contributed by atoms with Gasteiger partial charge in [0, 0.05) is 5.69 Å². The van der Waals surface area contributed by atoms with Gasteiger partial charge < -0.3 is 10.1 Å². The molecule has 0 spiro atoms. The van der Waals surface area contributed by atoms with E-state index in [4.69, 9.17) is 16.3 Å². The Bertz CT molecular complexity index is 570. The van der Waals surface area contributed by atoms with E-state index in [9.17, 15) is 4.79 Å². The lowest BCUT2D eigenvalue weighted by Crippen LogP contribution is -2.20. The topological polar surface area (TPSA) is 38.3 Å². The van der Waals surface area contributed by atoms with Crippen LogP contribution in [-0.2, 0) is 4.79 Å². The summed E-state index contributed by atoms with van der Waals surface area (Å²) in [5.74, 6) is 0.459. The van der Waals surface area contributed by atoms with E-state index in [0.29, 0.717) is 5.75 Å². The summed E-state index contributed by atoms with van der Waals surface area (Å²) in [6.07, 6.45) is 0. The van der Waals surface area contributed by atoms with Crippen LogP contribution in [0.3, 0.4) is 0 Å². The summed E-state index contributed by atoms with van der Waals surface area (Å²) in [7, 11) is 0. The molecule has 0 heterocycles. The number of amides is 1. The third-order valence-electron chi connectivity index (χ3n) is 2.78. The lowest BCUT2D eigenvalue weighted by molar-refractivity contribution is -0.118. The van der Waals surface area contributed by atoms with Crippen LogP contribution >= 0.6 is 11.6 Å². The summed E-state index contributed by atoms with van der Waals surface area (Å²) in [4.78, 5) is 11.9. The van der Waals surface area contributed by atoms with Crippen molar-refractivity contribution in [2.75, 3.05) is 11.9 Å². The number of halogens is 1. The highest BCUT2D eigenvalue weighted by atomic mass is 35.5. The fourth-order valence-electron chi connectivity index (χ4n) is 1.81. The van der Waals surface area contributed by atoms with Crippen molar-refractivity contribution in [2.45, 2.75) is 12.3 Å². The Hall–Kier alpha value is -2.00. The summed E-state index contributed by atoms with van der Waals surface area (Å²) in [5.41, 5.74) is 1.61. The maximum atomic E-state index is 11.9. The number of nitrogens with one attached hydrogen (secondary N) is 1. The molecule has 3 nitrogen and oxygen atoms in total. The van der Waals surface area contributed by atoms with Crippen molar-refractivity contribution in [3.63, 3.8) is 0 Å². The molecule has 20 heavy (non-hydrogen) atoms. The van der Waals surface area contributed by atoms with E-state index in [-0.39, 0.29) is 17.9 Å². The van der Waals surface area contributed by atoms with E-state index in [1.54, 1.807) is 0 Å². The molecule has 1 atom stereocenters. The first kappa shape index (κ1) is 14.4. The molecule has 2 aromatic carbocycles. The summed E-state index contributed by atoms with van der Waals surface area (Å²) < 4.78 is 5.40. The van der Waals surface area contributed by atoms with Crippen molar-refractivity contribution < 1.29 is 9.53 Å². The van der Waals surface area contributed by atoms with Crippen LogP contribution < -0.4 is 10.1 Å². The average molecular weight is 290 g/mol. The quantitative estimate of drug-likeness (QED) is 0.845. The first-order chi connectivity index (χ1) is 9.66. The SMILES string of the molecule is CC(Cl)c1ccccc1NC(=O)COc1ccccc1. The largest absolute Gasteiger partial charge is 0.484 e. The molecular weight excluding hydrogens is 274 g/mol. The van der Waals surface area contributed by atoms with Gasteiger partial charge in [-0.05, 0) is 30.7 Å². The minimum atomic E-state index is -0.210. The smallest absolute Gasteiger partial charge is 0.262 e. The van der Waals surface area contributed by atoms with Gasteiger partial charge >= 0.3 is 0 Å². The van der Waals surface area contributed by atoms with Crippen LogP contribution in [-0.4, -0.2) is 12.5 Å². The summed E-state index contributed by atoms with van der Waals surface area (Å²) in [5, 5.41) is 2.65. The predicted octanol–water partition coefficient (Wildman–Crippen LogP) is 4.00. The molecule has 1 amide bonds. The zero-order valence-corrected chi connectivity index (χ0v) is 11.9. The Balaban J connectivity index is 1.95. The standard InChI is InChI=1S/C16H16ClNO2/c1-12(17)14-9-5-6-10-15(14)18-16(19)11-20-13-7-3-2-4-8-13/h2-10,12H,11H2,1H3,(H,18,19). The molecule has 4 heteroatoms. The van der Waals surface area contributed by atoms with Crippen molar-refractivity contribution in [1.29, 1.82) is 0 Å². The van der Waals surface area contributed by atoms with E-state index in [1.165, 1.54) is 0 Å². The second-order valence-electron chi connectivity index (χ2n) is 4.35. The minimum absolute atomic E-state index is 0.0327. The number of carbonyl (C=O) groups is 1. The van der Waals surface area contributed by atoms with Gasteiger partial charge in [-0.3, -0.25) is 4.79 Å². The average Bonchev–Trinajstić information content (AvgIpc) is 2.46. The van der Waals surface area contributed by atoms with E-state index in [1.807, 2.05) is 61.5 Å². The van der Waals surface area contributed by atoms with Crippen LogP contribution in [0.2, 0.25) is 0 Å². The second kappa shape index (κ2) is 6.96. The first-order valence-corrected chi connectivity index (χ1v) is 6.81. The van der Waals surface area contributed by atoms with Crippen LogP contribution in [0.15, 0.2) is 54.6 Å². The summed E-state index contributed by atoms with van der Waals surface area (Å²) >= 11 is 6.08. The molecule has 2 rings (SSSR count). The summed E-state index contributed by atoms with van der Waals surface area (Å²) in [6.45, 7) is 1.84. The third kappa shape index (κ3) is 4.00. The van der Waals surface area contributed by atoms with Gasteiger partial charge in [-0.15, -0.1) is 11.6 Å². The number of anilines is 1. The second-order valence-corrected chi connectivity index (χ2v) is 5.01. The number of benzene rings is 2. The molecule has 2 aromatic rings. The molecule has 0 aliphatic rings. The van der Waals surface area contributed by atoms with E-state index < -0.39 is 0 Å². The predicted molar refractivity (Wildman–Crippen MR) is 81.3 cm³/mol. The van der Waals surface area contributed by atoms with Gasteiger partial charge in [0.15, 0.2) is 6.61 Å². The molecule has 0 radical (unpaired) electrons. The maximum absolute atomic E-state index is 11.9. The molecule has 0 saturated heterocycles. The highest BCUT2D eigenvalue weighted by Crippen LogP contribution is 2.26. The Morgan fingerprint density at radius 2 is 1.80 bits per heavy atom. The fraction of sp³-hybridized carbons (Fsp3) is 0.188. The molecule has 0 fully saturated rings. The highest BCUT2D eigenvalue weighted by molar-refractivity contribution is 6.21. The number of hydrogen-bond acceptors (Lipinski definition) is 2. The monoisotopic (exact) mass is 289 g/mol. The zero-order valence-electron chi connectivity index (χ0n) is 11.2. The Kier molecular flexibility index (Phi) is 5.02. The van der Waals surface area contributed by atoms with E-state index in [2.05, 4.69) is 5.32 Å². The Labute approximate surface area is 123 Å². The number of alkyl halides is 1. The van der Waals surface area contributed by atoms with Crippen molar-refractivity contribution in [2.24, 2.45) is 0 Å². The van der Waals surface area contributed by atoms with Gasteiger partial charge in [-0.1, -0.05) is 36.4 Å². The van der Waals surface area contributed by atoms with Crippen molar-refractivity contribution >= 4 is 23.2 Å². The minimum Gasteiger partial charge on any atom is -0.484 e. The molecule has 104 valence electrons. The van der Waals surface area contributed by atoms with E-state index >= 15 is 0 Å². The molecule has 0 aliphatic heterocycles. The van der Waals surface area contributed by atoms with Gasteiger partial charge in [0.25, 0.3) is 5.91 Å². The van der Waals surface area contributed by atoms with Gasteiger partial charge in [0.05, 0.1) is 5.38 Å². The number of carbonyl (C=O) groups excluding carboxylic acids is 1. The molecular formula is C16H16ClNO2. The normalized spacial score (nSPS) is 11.7. The van der Waals surface area contributed by atoms with E-state index in [0.717, 1.165) is 11.3 Å². The molecule has 1 unspecified atom stereocenters. The van der Waals surface area contributed by atoms with Crippen LogP contribution in [0.1, 0.15) is 17.9 Å². The summed E-state index contributed by atoms with van der Waals surface area (Å²) in [6, 6.07) is 16.7. The maximum Gasteiger partial charge on any atom is 0.262 e. The van der Waals surface area contributed by atoms with Gasteiger partial charge in [-0.25, -0.2) is 0 Å². The van der Waals surface area contributed by atoms with Gasteiger partial charge in [-0.2, -0.15) is 0 Å². The Morgan fingerprint density at radius 1 is 1.15 bits per heavy atom. The molecule has 1 N–H and O–H groups in total. The molecule has 0 saturated carbocycles. The van der Waals surface area contributed by atoms with Crippen molar-refractivity contribution in [1.82, 2.24) is 0 Å². The number of ether oxygens (including phenoxy) is 1. The molecule has 0 aromatic heterocycles. The lowest BCUT2D eigenvalue weighted by Gasteiger charge is -2.12. The van der Waals surface area contributed by atoms with Crippen molar-refractivity contribution in [3.8, 4) is 5.75 Å². The molecule has 0 aliphatic carbocycles. The van der Waals surface area contributed by atoms with Crippen LogP contribution in [0.4, 0.5) is 5.69 Å². The van der Waals surface area contributed by atoms with Crippen LogP contribution in [0.5, 0.6) is 5.75 Å². The number of para-hydroxylation sites is 2. The number of hydrogen-bond donors (Lipinski definition) is 1. The highest BCUT2D eigenvalue weighted by Gasteiger charge is 2.10. The van der Waals surface area contributed by atoms with Crippen molar-refractivity contribution in [3.05, 3.63) is 60.2 Å². The fourth-order valence-corrected chi connectivity index (χ4v) is 2.00. The Morgan fingerprint density at radius 3 is 2.50 bits per heavy atom. The van der Waals surface area contributed by atoms with Gasteiger partial charge in [0.2, 0.25) is 0 Å². The first-order valence-electron chi connectivity index (χ1n) is 6.37. The lowest BCUT2D eigenvalue weighted by atomic mass is 10.1. The van der Waals surface area contributed by atoms with Crippen LogP contribution in [0, 0.1) is 0 Å².